The molecule has 166 valence electrons. The molecule has 0 bridgehead atoms. The first-order valence-electron chi connectivity index (χ1n) is 12.0. The van der Waals surface area contributed by atoms with Crippen molar-refractivity contribution in [1.82, 2.24) is 4.90 Å². The van der Waals surface area contributed by atoms with Crippen LogP contribution in [0.5, 0.6) is 0 Å². The highest BCUT2D eigenvalue weighted by Crippen LogP contribution is 2.47. The molecular formula is C29H39NO. The minimum Gasteiger partial charge on any atom is -0.388 e. The summed E-state index contributed by atoms with van der Waals surface area (Å²) in [6.45, 7) is 22.4. The second-order valence-corrected chi connectivity index (χ2v) is 8.62. The van der Waals surface area contributed by atoms with Crippen molar-refractivity contribution in [2.45, 2.75) is 79.8 Å². The van der Waals surface area contributed by atoms with E-state index < -0.39 is 6.10 Å². The summed E-state index contributed by atoms with van der Waals surface area (Å²) >= 11 is 0. The van der Waals surface area contributed by atoms with Crippen LogP contribution in [0, 0.1) is 13.8 Å². The van der Waals surface area contributed by atoms with Crippen LogP contribution < -0.4 is 0 Å². The Balaban J connectivity index is 0.00000132. The van der Waals surface area contributed by atoms with Gasteiger partial charge < -0.3 is 10.0 Å². The molecule has 1 atom stereocenters. The van der Waals surface area contributed by atoms with Crippen LogP contribution in [0.15, 0.2) is 65.1 Å². The molecule has 1 saturated heterocycles. The minimum absolute atomic E-state index is 0.443. The van der Waals surface area contributed by atoms with E-state index in [1.807, 2.05) is 20.8 Å². The third-order valence-electron chi connectivity index (χ3n) is 6.97. The molecule has 1 aromatic rings. The van der Waals surface area contributed by atoms with E-state index >= 15 is 0 Å². The van der Waals surface area contributed by atoms with Crippen LogP contribution in [0.2, 0.25) is 0 Å². The molecule has 31 heavy (non-hydrogen) atoms. The maximum Gasteiger partial charge on any atom is 0.0791 e. The maximum absolute atomic E-state index is 10.6. The Kier molecular flexibility index (Phi) is 7.11. The van der Waals surface area contributed by atoms with Gasteiger partial charge >= 0.3 is 0 Å². The van der Waals surface area contributed by atoms with Crippen molar-refractivity contribution in [3.63, 3.8) is 0 Å². The molecular weight excluding hydrogens is 378 g/mol. The van der Waals surface area contributed by atoms with Gasteiger partial charge in [-0.15, -0.1) is 0 Å². The standard InChI is InChI=1S/C27H33NO.C2H6/c1-7-20-19(6)28-15-24(18(5)25(28)14-23(20)26(29)8-2)22-11-9-10-21-16(3)12-13-17(4)27(21)22;1-2/h12-14,26,29H,5-11,15H2,1-4H3;1-2H3/b24-22-;. The van der Waals surface area contributed by atoms with Crippen molar-refractivity contribution in [2.75, 3.05) is 6.54 Å². The van der Waals surface area contributed by atoms with Gasteiger partial charge in [0.05, 0.1) is 6.10 Å². The van der Waals surface area contributed by atoms with Crippen LogP contribution in [0.1, 0.15) is 75.6 Å². The van der Waals surface area contributed by atoms with Crippen molar-refractivity contribution in [1.29, 1.82) is 0 Å². The van der Waals surface area contributed by atoms with Crippen molar-refractivity contribution < 1.29 is 5.11 Å². The summed E-state index contributed by atoms with van der Waals surface area (Å²) in [5, 5.41) is 10.6. The summed E-state index contributed by atoms with van der Waals surface area (Å²) in [6.07, 6.45) is 6.79. The molecule has 0 amide bonds. The fourth-order valence-corrected chi connectivity index (χ4v) is 5.31. The van der Waals surface area contributed by atoms with Crippen molar-refractivity contribution in [2.24, 2.45) is 0 Å². The lowest BCUT2D eigenvalue weighted by Crippen LogP contribution is -2.25. The number of rotatable bonds is 3. The molecule has 1 N–H and O–H groups in total. The molecule has 1 aromatic carbocycles. The number of aliphatic hydroxyl groups is 1. The first-order chi connectivity index (χ1) is 14.9. The van der Waals surface area contributed by atoms with Gasteiger partial charge in [0.15, 0.2) is 0 Å². The summed E-state index contributed by atoms with van der Waals surface area (Å²) in [5.74, 6) is 0. The number of aryl methyl sites for hydroxylation is 2. The largest absolute Gasteiger partial charge is 0.388 e. The lowest BCUT2D eigenvalue weighted by atomic mass is 9.79. The second-order valence-electron chi connectivity index (χ2n) is 8.62. The topological polar surface area (TPSA) is 23.5 Å². The fraction of sp³-hybridized carbons (Fsp3) is 0.448. The van der Waals surface area contributed by atoms with Crippen LogP contribution in [0.3, 0.4) is 0 Å². The highest BCUT2D eigenvalue weighted by molar-refractivity contribution is 5.82. The third kappa shape index (κ3) is 3.87. The number of hydrogen-bond acceptors (Lipinski definition) is 2. The third-order valence-corrected chi connectivity index (χ3v) is 6.97. The maximum atomic E-state index is 10.6. The molecule has 1 fully saturated rings. The van der Waals surface area contributed by atoms with Gasteiger partial charge in [0.25, 0.3) is 0 Å². The molecule has 0 spiro atoms. The molecule has 0 aromatic heterocycles. The number of aliphatic hydroxyl groups excluding tert-OH is 1. The highest BCUT2D eigenvalue weighted by atomic mass is 16.3. The molecule has 1 unspecified atom stereocenters. The Morgan fingerprint density at radius 3 is 2.35 bits per heavy atom. The summed E-state index contributed by atoms with van der Waals surface area (Å²) in [5.41, 5.74) is 14.0. The summed E-state index contributed by atoms with van der Waals surface area (Å²) in [7, 11) is 0. The van der Waals surface area contributed by atoms with E-state index in [-0.39, 0.29) is 0 Å². The Morgan fingerprint density at radius 2 is 1.71 bits per heavy atom. The van der Waals surface area contributed by atoms with E-state index in [2.05, 4.69) is 57.0 Å². The number of nitrogens with zero attached hydrogens (tertiary/aromatic N) is 1. The number of fused-ring (bicyclic) bond motifs is 2. The molecule has 3 aliphatic rings. The van der Waals surface area contributed by atoms with E-state index in [9.17, 15) is 5.11 Å². The smallest absolute Gasteiger partial charge is 0.0791 e. The molecule has 2 nitrogen and oxygen atoms in total. The molecule has 0 radical (unpaired) electrons. The fourth-order valence-electron chi connectivity index (χ4n) is 5.31. The SMILES string of the molecule is C=C1C2=CC(C(O)CC)=C(CC)C(=C)N2C/C1=C1\CCCc2c(C)ccc(C)c21.CC. The van der Waals surface area contributed by atoms with E-state index in [1.165, 1.54) is 51.8 Å². The Hall–Kier alpha value is -2.32. The van der Waals surface area contributed by atoms with Crippen molar-refractivity contribution in [3.05, 3.63) is 87.3 Å². The average molecular weight is 418 g/mol. The lowest BCUT2D eigenvalue weighted by Gasteiger charge is -2.31. The van der Waals surface area contributed by atoms with Gasteiger partial charge in [-0.3, -0.25) is 0 Å². The molecule has 2 aliphatic heterocycles. The van der Waals surface area contributed by atoms with Crippen LogP contribution in [0.4, 0.5) is 0 Å². The predicted octanol–water partition coefficient (Wildman–Crippen LogP) is 7.18. The van der Waals surface area contributed by atoms with Gasteiger partial charge in [-0.2, -0.15) is 0 Å². The molecule has 2 heteroatoms. The quantitative estimate of drug-likeness (QED) is 0.563. The number of benzene rings is 1. The van der Waals surface area contributed by atoms with E-state index in [0.29, 0.717) is 6.42 Å². The second kappa shape index (κ2) is 9.44. The zero-order valence-electron chi connectivity index (χ0n) is 20.4. The molecule has 4 rings (SSSR count). The van der Waals surface area contributed by atoms with Crippen LogP contribution >= 0.6 is 0 Å². The van der Waals surface area contributed by atoms with Crippen LogP contribution in [-0.4, -0.2) is 22.7 Å². The van der Waals surface area contributed by atoms with Crippen molar-refractivity contribution >= 4 is 5.57 Å². The summed E-state index contributed by atoms with van der Waals surface area (Å²) < 4.78 is 0. The Labute approximate surface area is 189 Å². The Morgan fingerprint density at radius 1 is 1.03 bits per heavy atom. The monoisotopic (exact) mass is 417 g/mol. The predicted molar refractivity (Wildman–Crippen MR) is 134 cm³/mol. The van der Waals surface area contributed by atoms with Gasteiger partial charge in [0, 0.05) is 17.9 Å². The number of allylic oxidation sites excluding steroid dienone is 3. The molecule has 1 aliphatic carbocycles. The van der Waals surface area contributed by atoms with Gasteiger partial charge in [0.2, 0.25) is 0 Å². The summed E-state index contributed by atoms with van der Waals surface area (Å²) in [6, 6.07) is 4.52. The lowest BCUT2D eigenvalue weighted by molar-refractivity contribution is 0.207. The zero-order chi connectivity index (χ0) is 22.9. The van der Waals surface area contributed by atoms with Crippen LogP contribution in [-0.2, 0) is 6.42 Å². The van der Waals surface area contributed by atoms with E-state index in [1.54, 1.807) is 0 Å². The van der Waals surface area contributed by atoms with Gasteiger partial charge in [-0.1, -0.05) is 53.0 Å². The van der Waals surface area contributed by atoms with Crippen molar-refractivity contribution in [3.8, 4) is 0 Å². The highest BCUT2D eigenvalue weighted by Gasteiger charge is 2.35. The first kappa shape index (κ1) is 23.3. The normalized spacial score (nSPS) is 21.4. The minimum atomic E-state index is -0.443. The first-order valence-corrected chi connectivity index (χ1v) is 12.0. The van der Waals surface area contributed by atoms with Gasteiger partial charge in [-0.05, 0) is 102 Å². The van der Waals surface area contributed by atoms with Gasteiger partial charge in [0.1, 0.15) is 0 Å². The van der Waals surface area contributed by atoms with E-state index in [0.717, 1.165) is 41.9 Å². The average Bonchev–Trinajstić information content (AvgIpc) is 3.13. The molecule has 0 saturated carbocycles. The zero-order valence-corrected chi connectivity index (χ0v) is 20.4. The van der Waals surface area contributed by atoms with E-state index in [4.69, 9.17) is 0 Å². The van der Waals surface area contributed by atoms with Crippen LogP contribution in [0.25, 0.3) is 5.57 Å². The molecule has 2 heterocycles. The van der Waals surface area contributed by atoms with Gasteiger partial charge in [-0.25, -0.2) is 0 Å². The Bertz CT molecular complexity index is 1000. The summed E-state index contributed by atoms with van der Waals surface area (Å²) in [4.78, 5) is 2.31. The number of hydrogen-bond donors (Lipinski definition) is 1.